The van der Waals surface area contributed by atoms with Gasteiger partial charge in [0.05, 0.1) is 5.69 Å². The fraction of sp³-hybridized carbons (Fsp3) is 0.208. The van der Waals surface area contributed by atoms with Gasteiger partial charge in [-0.25, -0.2) is 9.50 Å². The Balaban J connectivity index is 1.67. The second-order valence-electron chi connectivity index (χ2n) is 7.55. The number of hydrogen-bond acceptors (Lipinski definition) is 4. The molecule has 4 aromatic rings. The molecule has 1 amide bonds. The summed E-state index contributed by atoms with van der Waals surface area (Å²) in [6.45, 7) is 2.56. The van der Waals surface area contributed by atoms with Crippen molar-refractivity contribution in [1.82, 2.24) is 14.6 Å². The summed E-state index contributed by atoms with van der Waals surface area (Å²) in [7, 11) is 0. The van der Waals surface area contributed by atoms with Crippen LogP contribution >= 0.6 is 0 Å². The number of hydrogen-bond donors (Lipinski definition) is 1. The van der Waals surface area contributed by atoms with E-state index in [0.29, 0.717) is 34.6 Å². The maximum Gasteiger partial charge on any atom is 0.387 e. The smallest absolute Gasteiger partial charge is 0.387 e. The summed E-state index contributed by atoms with van der Waals surface area (Å²) in [4.78, 5) is 17.6. The van der Waals surface area contributed by atoms with E-state index in [4.69, 9.17) is 0 Å². The molecule has 0 aliphatic carbocycles. The molecule has 2 aromatic heterocycles. The van der Waals surface area contributed by atoms with Gasteiger partial charge in [0.15, 0.2) is 5.65 Å². The van der Waals surface area contributed by atoms with Crippen molar-refractivity contribution in [2.24, 2.45) is 0 Å². The van der Waals surface area contributed by atoms with Crippen molar-refractivity contribution >= 4 is 17.2 Å². The molecule has 4 rings (SSSR count). The van der Waals surface area contributed by atoms with Crippen molar-refractivity contribution < 1.29 is 18.3 Å². The predicted molar refractivity (Wildman–Crippen MR) is 117 cm³/mol. The highest BCUT2D eigenvalue weighted by molar-refractivity contribution is 6.09. The van der Waals surface area contributed by atoms with Crippen LogP contribution in [-0.2, 0) is 6.42 Å². The number of aromatic nitrogens is 3. The molecule has 0 aliphatic rings. The van der Waals surface area contributed by atoms with Gasteiger partial charge in [0.1, 0.15) is 11.3 Å². The van der Waals surface area contributed by atoms with E-state index >= 15 is 0 Å². The van der Waals surface area contributed by atoms with Crippen LogP contribution in [-0.4, -0.2) is 27.1 Å². The highest BCUT2D eigenvalue weighted by Crippen LogP contribution is 2.28. The Morgan fingerprint density at radius 3 is 2.56 bits per heavy atom. The Kier molecular flexibility index (Phi) is 5.85. The largest absolute Gasteiger partial charge is 0.435 e. The van der Waals surface area contributed by atoms with E-state index in [9.17, 15) is 13.6 Å². The van der Waals surface area contributed by atoms with Crippen LogP contribution in [0, 0.1) is 20.8 Å². The van der Waals surface area contributed by atoms with Crippen molar-refractivity contribution in [1.29, 1.82) is 0 Å². The van der Waals surface area contributed by atoms with Crippen LogP contribution in [0.25, 0.3) is 5.65 Å². The second-order valence-corrected chi connectivity index (χ2v) is 7.55. The molecule has 32 heavy (non-hydrogen) atoms. The van der Waals surface area contributed by atoms with E-state index < -0.39 is 6.61 Å². The Labute approximate surface area is 183 Å². The van der Waals surface area contributed by atoms with Crippen LogP contribution in [0.1, 0.15) is 38.6 Å². The Morgan fingerprint density at radius 2 is 1.84 bits per heavy atom. The number of fused-ring (bicyclic) bond motifs is 1. The molecule has 8 heteroatoms. The van der Waals surface area contributed by atoms with Gasteiger partial charge in [0.25, 0.3) is 5.91 Å². The number of amides is 1. The average molecular weight is 436 g/mol. The molecule has 2 heterocycles. The number of aryl methyl sites for hydroxylation is 3. The fourth-order valence-corrected chi connectivity index (χ4v) is 3.71. The molecule has 164 valence electrons. The molecule has 6 nitrogen and oxygen atoms in total. The number of rotatable bonds is 6. The topological polar surface area (TPSA) is 68.5 Å². The molecule has 0 atom stereocenters. The summed E-state index contributed by atoms with van der Waals surface area (Å²) in [5.41, 5.74) is 4.97. The summed E-state index contributed by atoms with van der Waals surface area (Å²) in [6.07, 6.45) is 0.377. The SMILES string of the molecule is Cc1cc(C)n2nc(C)c(C(=O)Nc3ccc(OC(F)F)c(Cc4ccccc4)c3)c2n1. The molecule has 2 aromatic carbocycles. The van der Waals surface area contributed by atoms with Gasteiger partial charge in [-0.15, -0.1) is 0 Å². The first-order chi connectivity index (χ1) is 15.3. The molecule has 0 saturated heterocycles. The van der Waals surface area contributed by atoms with Gasteiger partial charge in [-0.3, -0.25) is 4.79 Å². The first-order valence-electron chi connectivity index (χ1n) is 10.1. The van der Waals surface area contributed by atoms with Crippen molar-refractivity contribution in [2.75, 3.05) is 5.32 Å². The maximum atomic E-state index is 13.1. The van der Waals surface area contributed by atoms with Crippen molar-refractivity contribution in [3.8, 4) is 5.75 Å². The molecule has 0 fully saturated rings. The number of alkyl halides is 2. The standard InChI is InChI=1S/C24H22F2N4O2/c1-14-11-15(2)30-22(27-14)21(16(3)29-30)23(31)28-19-9-10-20(32-24(25)26)18(13-19)12-17-7-5-4-6-8-17/h4-11,13,24H,12H2,1-3H3,(H,28,31). The van der Waals surface area contributed by atoms with Gasteiger partial charge in [-0.2, -0.15) is 13.9 Å². The lowest BCUT2D eigenvalue weighted by atomic mass is 10.0. The molecule has 0 bridgehead atoms. The van der Waals surface area contributed by atoms with Crippen molar-refractivity contribution in [3.63, 3.8) is 0 Å². The quantitative estimate of drug-likeness (QED) is 0.457. The molecule has 0 spiro atoms. The Hall–Kier alpha value is -3.81. The zero-order valence-electron chi connectivity index (χ0n) is 17.9. The van der Waals surface area contributed by atoms with Gasteiger partial charge < -0.3 is 10.1 Å². The van der Waals surface area contributed by atoms with Gasteiger partial charge in [0.2, 0.25) is 0 Å². The molecule has 0 aliphatic heterocycles. The van der Waals surface area contributed by atoms with Crippen LogP contribution in [0.5, 0.6) is 5.75 Å². The summed E-state index contributed by atoms with van der Waals surface area (Å²) >= 11 is 0. The number of nitrogens with zero attached hydrogens (tertiary/aromatic N) is 3. The maximum absolute atomic E-state index is 13.1. The number of carbonyl (C=O) groups excluding carboxylic acids is 1. The van der Waals surface area contributed by atoms with Crippen LogP contribution in [0.15, 0.2) is 54.6 Å². The lowest BCUT2D eigenvalue weighted by Gasteiger charge is -2.13. The minimum atomic E-state index is -2.94. The first-order valence-corrected chi connectivity index (χ1v) is 10.1. The number of halogens is 2. The summed E-state index contributed by atoms with van der Waals surface area (Å²) < 4.78 is 32.1. The summed E-state index contributed by atoms with van der Waals surface area (Å²) in [6, 6.07) is 15.9. The van der Waals surface area contributed by atoms with E-state index in [1.54, 1.807) is 17.5 Å². The highest BCUT2D eigenvalue weighted by atomic mass is 19.3. The fourth-order valence-electron chi connectivity index (χ4n) is 3.71. The molecule has 0 radical (unpaired) electrons. The van der Waals surface area contributed by atoms with Gasteiger partial charge in [0, 0.05) is 29.1 Å². The average Bonchev–Trinajstić information content (AvgIpc) is 3.06. The zero-order chi connectivity index (χ0) is 22.8. The van der Waals surface area contributed by atoms with Crippen LogP contribution in [0.2, 0.25) is 0 Å². The third kappa shape index (κ3) is 4.44. The van der Waals surface area contributed by atoms with E-state index in [0.717, 1.165) is 17.0 Å². The van der Waals surface area contributed by atoms with Crippen LogP contribution < -0.4 is 10.1 Å². The third-order valence-corrected chi connectivity index (χ3v) is 5.07. The third-order valence-electron chi connectivity index (χ3n) is 5.07. The minimum absolute atomic E-state index is 0.0712. The van der Waals surface area contributed by atoms with E-state index in [-0.39, 0.29) is 11.7 Å². The summed E-state index contributed by atoms with van der Waals surface area (Å²) in [5.74, 6) is -0.301. The van der Waals surface area contributed by atoms with Gasteiger partial charge >= 0.3 is 6.61 Å². The first kappa shape index (κ1) is 21.4. The van der Waals surface area contributed by atoms with Gasteiger partial charge in [-0.05, 0) is 50.6 Å². The molecular weight excluding hydrogens is 414 g/mol. The molecule has 0 saturated carbocycles. The number of benzene rings is 2. The van der Waals surface area contributed by atoms with E-state index in [1.165, 1.54) is 12.1 Å². The van der Waals surface area contributed by atoms with Crippen LogP contribution in [0.3, 0.4) is 0 Å². The van der Waals surface area contributed by atoms with E-state index in [1.807, 2.05) is 50.2 Å². The molecular formula is C24H22F2N4O2. The molecule has 0 unspecified atom stereocenters. The number of ether oxygens (including phenoxy) is 1. The Bertz CT molecular complexity index is 1290. The highest BCUT2D eigenvalue weighted by Gasteiger charge is 2.20. The van der Waals surface area contributed by atoms with Crippen molar-refractivity contribution in [2.45, 2.75) is 33.8 Å². The lowest BCUT2D eigenvalue weighted by Crippen LogP contribution is -2.14. The zero-order valence-corrected chi connectivity index (χ0v) is 17.9. The normalized spacial score (nSPS) is 11.2. The minimum Gasteiger partial charge on any atom is -0.435 e. The molecule has 1 N–H and O–H groups in total. The number of nitrogens with one attached hydrogen (secondary N) is 1. The van der Waals surface area contributed by atoms with Gasteiger partial charge in [-0.1, -0.05) is 30.3 Å². The van der Waals surface area contributed by atoms with Crippen LogP contribution in [0.4, 0.5) is 14.5 Å². The lowest BCUT2D eigenvalue weighted by molar-refractivity contribution is -0.0503. The number of carbonyl (C=O) groups is 1. The monoisotopic (exact) mass is 436 g/mol. The second kappa shape index (κ2) is 8.74. The van der Waals surface area contributed by atoms with Crippen molar-refractivity contribution in [3.05, 3.63) is 88.4 Å². The Morgan fingerprint density at radius 1 is 1.09 bits per heavy atom. The summed E-state index contributed by atoms with van der Waals surface area (Å²) in [5, 5.41) is 7.27. The predicted octanol–water partition coefficient (Wildman–Crippen LogP) is 5.10. The van der Waals surface area contributed by atoms with E-state index in [2.05, 4.69) is 20.1 Å². The number of anilines is 1.